The summed E-state index contributed by atoms with van der Waals surface area (Å²) in [5.74, 6) is -0.632. The molecule has 0 aliphatic carbocycles. The van der Waals surface area contributed by atoms with Crippen molar-refractivity contribution in [3.8, 4) is 5.75 Å². The van der Waals surface area contributed by atoms with Crippen LogP contribution in [0.3, 0.4) is 0 Å². The van der Waals surface area contributed by atoms with Crippen LogP contribution >= 0.6 is 39.1 Å². The largest absolute Gasteiger partial charge is 0.483 e. The lowest BCUT2D eigenvalue weighted by Crippen LogP contribution is -2.20. The molecule has 0 bridgehead atoms. The quantitative estimate of drug-likeness (QED) is 0.802. The summed E-state index contributed by atoms with van der Waals surface area (Å²) in [6, 6.07) is 8.90. The Kier molecular flexibility index (Phi) is 5.45. The van der Waals surface area contributed by atoms with Crippen molar-refractivity contribution >= 4 is 50.7 Å². The van der Waals surface area contributed by atoms with Gasteiger partial charge in [-0.1, -0.05) is 23.2 Å². The van der Waals surface area contributed by atoms with Gasteiger partial charge in [0.25, 0.3) is 5.91 Å². The number of hydrogen-bond donors (Lipinski definition) is 1. The Morgan fingerprint density at radius 3 is 2.52 bits per heavy atom. The normalized spacial score (nSPS) is 10.3. The Balaban J connectivity index is 1.96. The highest BCUT2D eigenvalue weighted by atomic mass is 79.9. The van der Waals surface area contributed by atoms with E-state index in [1.807, 2.05) is 0 Å². The van der Waals surface area contributed by atoms with Gasteiger partial charge in [-0.2, -0.15) is 0 Å². The number of hydrogen-bond acceptors (Lipinski definition) is 2. The van der Waals surface area contributed by atoms with Gasteiger partial charge in [-0.25, -0.2) is 4.39 Å². The molecule has 0 aliphatic heterocycles. The van der Waals surface area contributed by atoms with E-state index in [2.05, 4.69) is 21.2 Å². The summed E-state index contributed by atoms with van der Waals surface area (Å²) < 4.78 is 19.5. The molecular weight excluding hydrogens is 384 g/mol. The lowest BCUT2D eigenvalue weighted by atomic mass is 10.3. The van der Waals surface area contributed by atoms with E-state index >= 15 is 0 Å². The molecule has 0 saturated heterocycles. The number of nitrogens with one attached hydrogen (secondary N) is 1. The predicted molar refractivity (Wildman–Crippen MR) is 84.7 cm³/mol. The van der Waals surface area contributed by atoms with Crippen LogP contribution < -0.4 is 10.1 Å². The Morgan fingerprint density at radius 2 is 1.86 bits per heavy atom. The minimum Gasteiger partial charge on any atom is -0.483 e. The molecule has 2 aromatic rings. The fraction of sp³-hybridized carbons (Fsp3) is 0.0714. The van der Waals surface area contributed by atoms with Gasteiger partial charge in [0.1, 0.15) is 11.6 Å². The number of ether oxygens (including phenoxy) is 1. The zero-order chi connectivity index (χ0) is 15.4. The summed E-state index contributed by atoms with van der Waals surface area (Å²) in [6.07, 6.45) is 0. The Bertz CT molecular complexity index is 682. The van der Waals surface area contributed by atoms with E-state index < -0.39 is 11.7 Å². The van der Waals surface area contributed by atoms with E-state index in [9.17, 15) is 9.18 Å². The summed E-state index contributed by atoms with van der Waals surface area (Å²) in [7, 11) is 0. The first-order valence-electron chi connectivity index (χ1n) is 5.78. The van der Waals surface area contributed by atoms with Crippen LogP contribution in [-0.4, -0.2) is 12.5 Å². The van der Waals surface area contributed by atoms with E-state index in [0.29, 0.717) is 15.2 Å². The summed E-state index contributed by atoms with van der Waals surface area (Å²) in [6.45, 7) is -0.262. The number of halogens is 4. The van der Waals surface area contributed by atoms with E-state index in [-0.39, 0.29) is 17.3 Å². The van der Waals surface area contributed by atoms with Gasteiger partial charge >= 0.3 is 0 Å². The number of carbonyl (C=O) groups excluding carboxylic acids is 1. The Morgan fingerprint density at radius 1 is 1.19 bits per heavy atom. The molecule has 21 heavy (non-hydrogen) atoms. The molecule has 0 saturated carbocycles. The van der Waals surface area contributed by atoms with Crippen molar-refractivity contribution in [2.24, 2.45) is 0 Å². The van der Waals surface area contributed by atoms with Gasteiger partial charge in [0.2, 0.25) is 0 Å². The van der Waals surface area contributed by atoms with Crippen molar-refractivity contribution in [1.29, 1.82) is 0 Å². The molecule has 1 N–H and O–H groups in total. The highest BCUT2D eigenvalue weighted by Crippen LogP contribution is 2.28. The van der Waals surface area contributed by atoms with Gasteiger partial charge in [-0.05, 0) is 52.3 Å². The molecule has 2 rings (SSSR count). The molecule has 2 aromatic carbocycles. The van der Waals surface area contributed by atoms with Crippen LogP contribution in [0.4, 0.5) is 10.1 Å². The van der Waals surface area contributed by atoms with Gasteiger partial charge in [-0.15, -0.1) is 0 Å². The molecule has 0 aliphatic rings. The average molecular weight is 393 g/mol. The molecule has 0 atom stereocenters. The summed E-state index contributed by atoms with van der Waals surface area (Å²) >= 11 is 14.7. The molecular formula is C14H9BrCl2FNO2. The van der Waals surface area contributed by atoms with Crippen LogP contribution in [-0.2, 0) is 4.79 Å². The Labute approximate surface area is 139 Å². The minimum atomic E-state index is -0.608. The third-order valence-electron chi connectivity index (χ3n) is 2.46. The first kappa shape index (κ1) is 16.1. The summed E-state index contributed by atoms with van der Waals surface area (Å²) in [5, 5.41) is 3.20. The second-order valence-electron chi connectivity index (χ2n) is 4.04. The number of rotatable bonds is 4. The predicted octanol–water partition coefficient (Wildman–Crippen LogP) is 4.91. The monoisotopic (exact) mass is 391 g/mol. The third kappa shape index (κ3) is 4.59. The molecule has 0 spiro atoms. The topological polar surface area (TPSA) is 38.3 Å². The van der Waals surface area contributed by atoms with Crippen LogP contribution in [0.2, 0.25) is 10.0 Å². The molecule has 0 radical (unpaired) electrons. The van der Waals surface area contributed by atoms with E-state index in [1.165, 1.54) is 12.1 Å². The van der Waals surface area contributed by atoms with E-state index in [4.69, 9.17) is 27.9 Å². The number of carbonyl (C=O) groups is 1. The van der Waals surface area contributed by atoms with Crippen LogP contribution in [0, 0.1) is 5.82 Å². The first-order chi connectivity index (χ1) is 9.95. The van der Waals surface area contributed by atoms with Crippen LogP contribution in [0.1, 0.15) is 0 Å². The minimum absolute atomic E-state index is 0.0446. The molecule has 0 unspecified atom stereocenters. The second kappa shape index (κ2) is 7.11. The zero-order valence-electron chi connectivity index (χ0n) is 10.5. The molecule has 0 aromatic heterocycles. The van der Waals surface area contributed by atoms with Crippen molar-refractivity contribution in [2.75, 3.05) is 11.9 Å². The first-order valence-corrected chi connectivity index (χ1v) is 7.33. The van der Waals surface area contributed by atoms with Gasteiger partial charge < -0.3 is 10.1 Å². The number of benzene rings is 2. The van der Waals surface area contributed by atoms with Crippen molar-refractivity contribution in [2.45, 2.75) is 0 Å². The van der Waals surface area contributed by atoms with Crippen molar-refractivity contribution in [3.63, 3.8) is 0 Å². The maximum absolute atomic E-state index is 13.5. The smallest absolute Gasteiger partial charge is 0.262 e. The third-order valence-corrected chi connectivity index (χ3v) is 3.55. The fourth-order valence-corrected chi connectivity index (χ4v) is 2.47. The summed E-state index contributed by atoms with van der Waals surface area (Å²) in [4.78, 5) is 11.7. The van der Waals surface area contributed by atoms with Crippen molar-refractivity contribution in [3.05, 3.63) is 56.7 Å². The van der Waals surface area contributed by atoms with E-state index in [0.717, 1.165) is 6.07 Å². The van der Waals surface area contributed by atoms with Crippen molar-refractivity contribution in [1.82, 2.24) is 0 Å². The second-order valence-corrected chi connectivity index (χ2v) is 5.76. The number of amides is 1. The molecule has 0 heterocycles. The maximum atomic E-state index is 13.5. The average Bonchev–Trinajstić information content (AvgIpc) is 2.41. The van der Waals surface area contributed by atoms with E-state index in [1.54, 1.807) is 18.2 Å². The van der Waals surface area contributed by atoms with Crippen LogP contribution in [0.5, 0.6) is 5.75 Å². The standard InChI is InChI=1S/C14H9BrCl2FNO2/c15-10-5-8(16)2-4-13(10)21-7-14(20)19-12-3-1-9(17)6-11(12)18/h1-6H,7H2,(H,19,20). The van der Waals surface area contributed by atoms with Crippen LogP contribution in [0.15, 0.2) is 40.9 Å². The van der Waals surface area contributed by atoms with Gasteiger partial charge in [-0.3, -0.25) is 4.79 Å². The molecule has 3 nitrogen and oxygen atoms in total. The molecule has 0 fully saturated rings. The number of anilines is 1. The maximum Gasteiger partial charge on any atom is 0.262 e. The van der Waals surface area contributed by atoms with Gasteiger partial charge in [0.05, 0.1) is 10.2 Å². The fourth-order valence-electron chi connectivity index (χ4n) is 1.51. The van der Waals surface area contributed by atoms with Crippen LogP contribution in [0.25, 0.3) is 0 Å². The highest BCUT2D eigenvalue weighted by Gasteiger charge is 2.09. The summed E-state index contributed by atoms with van der Waals surface area (Å²) in [5.41, 5.74) is 0.0446. The van der Waals surface area contributed by atoms with Gasteiger partial charge in [0.15, 0.2) is 6.61 Å². The lowest BCUT2D eigenvalue weighted by molar-refractivity contribution is -0.118. The lowest BCUT2D eigenvalue weighted by Gasteiger charge is -2.09. The molecule has 7 heteroatoms. The molecule has 110 valence electrons. The Hall–Kier alpha value is -1.30. The van der Waals surface area contributed by atoms with Crippen molar-refractivity contribution < 1.29 is 13.9 Å². The highest BCUT2D eigenvalue weighted by molar-refractivity contribution is 9.10. The zero-order valence-corrected chi connectivity index (χ0v) is 13.6. The van der Waals surface area contributed by atoms with Gasteiger partial charge in [0, 0.05) is 10.0 Å². The SMILES string of the molecule is O=C(COc1ccc(Cl)cc1Br)Nc1ccc(Cl)cc1F. The molecule has 1 amide bonds.